The van der Waals surface area contributed by atoms with E-state index in [4.69, 9.17) is 0 Å². The van der Waals surface area contributed by atoms with E-state index in [-0.39, 0.29) is 17.5 Å². The van der Waals surface area contributed by atoms with Crippen molar-refractivity contribution in [3.8, 4) is 0 Å². The molecule has 0 saturated carbocycles. The molecule has 96 valence electrons. The van der Waals surface area contributed by atoms with Crippen molar-refractivity contribution in [1.29, 1.82) is 0 Å². The van der Waals surface area contributed by atoms with Crippen molar-refractivity contribution in [2.45, 2.75) is 26.4 Å². The molecule has 5 heteroatoms. The van der Waals surface area contributed by atoms with Crippen LogP contribution in [0.4, 0.5) is 8.78 Å². The molecule has 1 aromatic heterocycles. The van der Waals surface area contributed by atoms with Crippen molar-refractivity contribution in [1.82, 2.24) is 4.98 Å². The average Bonchev–Trinajstić information content (AvgIpc) is 2.71. The molecule has 1 heterocycles. The van der Waals surface area contributed by atoms with Gasteiger partial charge >= 0.3 is 0 Å². The number of nitrogens with zero attached hydrogens (tertiary/aromatic N) is 1. The van der Waals surface area contributed by atoms with Gasteiger partial charge in [0.15, 0.2) is 11.6 Å². The van der Waals surface area contributed by atoms with Crippen LogP contribution in [-0.2, 0) is 6.42 Å². The number of thiazole rings is 1. The maximum absolute atomic E-state index is 13.7. The van der Waals surface area contributed by atoms with E-state index in [0.29, 0.717) is 5.01 Å². The lowest BCUT2D eigenvalue weighted by Gasteiger charge is -2.11. The molecule has 0 amide bonds. The van der Waals surface area contributed by atoms with Crippen molar-refractivity contribution >= 4 is 11.3 Å². The summed E-state index contributed by atoms with van der Waals surface area (Å²) in [5.74, 6) is -1.88. The second-order valence-corrected chi connectivity index (χ2v) is 5.14. The smallest absolute Gasteiger partial charge is 0.164 e. The Kier molecular flexibility index (Phi) is 3.73. The molecule has 1 N–H and O–H groups in total. The SMILES string of the molecule is Cc1csc(CC(O)c2ccc(C)c(F)c2F)n1. The van der Waals surface area contributed by atoms with Gasteiger partial charge in [0.05, 0.1) is 11.1 Å². The Morgan fingerprint density at radius 2 is 2.00 bits per heavy atom. The summed E-state index contributed by atoms with van der Waals surface area (Å²) < 4.78 is 27.1. The van der Waals surface area contributed by atoms with E-state index in [1.165, 1.54) is 30.4 Å². The van der Waals surface area contributed by atoms with Gasteiger partial charge in [-0.05, 0) is 19.4 Å². The van der Waals surface area contributed by atoms with E-state index in [0.717, 1.165) is 5.69 Å². The number of halogens is 2. The van der Waals surface area contributed by atoms with Crippen LogP contribution in [0.25, 0.3) is 0 Å². The topological polar surface area (TPSA) is 33.1 Å². The molecule has 0 spiro atoms. The monoisotopic (exact) mass is 269 g/mol. The number of aliphatic hydroxyl groups excluding tert-OH is 1. The average molecular weight is 269 g/mol. The van der Waals surface area contributed by atoms with Crippen molar-refractivity contribution in [3.63, 3.8) is 0 Å². The lowest BCUT2D eigenvalue weighted by atomic mass is 10.0. The van der Waals surface area contributed by atoms with Gasteiger partial charge in [0, 0.05) is 23.1 Å². The predicted octanol–water partition coefficient (Wildman–Crippen LogP) is 3.31. The Morgan fingerprint density at radius 1 is 1.28 bits per heavy atom. The standard InChI is InChI=1S/C13H13F2NOS/c1-7-3-4-9(13(15)12(7)14)10(17)5-11-16-8(2)6-18-11/h3-4,6,10,17H,5H2,1-2H3. The molecule has 0 bridgehead atoms. The fourth-order valence-electron chi connectivity index (χ4n) is 1.69. The van der Waals surface area contributed by atoms with E-state index >= 15 is 0 Å². The predicted molar refractivity (Wildman–Crippen MR) is 66.6 cm³/mol. The van der Waals surface area contributed by atoms with Crippen molar-refractivity contribution in [2.24, 2.45) is 0 Å². The number of hydrogen-bond donors (Lipinski definition) is 1. The van der Waals surface area contributed by atoms with Crippen LogP contribution in [0.5, 0.6) is 0 Å². The van der Waals surface area contributed by atoms with Crippen LogP contribution < -0.4 is 0 Å². The molecule has 0 aliphatic heterocycles. The summed E-state index contributed by atoms with van der Waals surface area (Å²) in [5.41, 5.74) is 1.07. The first-order valence-corrected chi connectivity index (χ1v) is 6.40. The number of aromatic nitrogens is 1. The second kappa shape index (κ2) is 5.12. The van der Waals surface area contributed by atoms with Crippen LogP contribution in [-0.4, -0.2) is 10.1 Å². The highest BCUT2D eigenvalue weighted by molar-refractivity contribution is 7.09. The molecule has 18 heavy (non-hydrogen) atoms. The molecule has 2 aromatic rings. The van der Waals surface area contributed by atoms with Crippen LogP contribution in [0.2, 0.25) is 0 Å². The summed E-state index contributed by atoms with van der Waals surface area (Å²) in [4.78, 5) is 4.19. The van der Waals surface area contributed by atoms with Gasteiger partial charge in [-0.1, -0.05) is 12.1 Å². The lowest BCUT2D eigenvalue weighted by Crippen LogP contribution is -2.06. The second-order valence-electron chi connectivity index (χ2n) is 4.20. The quantitative estimate of drug-likeness (QED) is 0.927. The third-order valence-corrected chi connectivity index (χ3v) is 3.69. The third kappa shape index (κ3) is 2.57. The molecule has 1 atom stereocenters. The highest BCUT2D eigenvalue weighted by Gasteiger charge is 2.18. The Balaban J connectivity index is 2.24. The molecule has 1 aromatic carbocycles. The van der Waals surface area contributed by atoms with Crippen molar-refractivity contribution in [2.75, 3.05) is 0 Å². The normalized spacial score (nSPS) is 12.7. The molecular weight excluding hydrogens is 256 g/mol. The van der Waals surface area contributed by atoms with E-state index < -0.39 is 17.7 Å². The summed E-state index contributed by atoms with van der Waals surface area (Å²) >= 11 is 1.40. The van der Waals surface area contributed by atoms with E-state index in [1.54, 1.807) is 0 Å². The van der Waals surface area contributed by atoms with Gasteiger partial charge in [0.1, 0.15) is 0 Å². The fourth-order valence-corrected chi connectivity index (χ4v) is 2.50. The summed E-state index contributed by atoms with van der Waals surface area (Å²) in [6.45, 7) is 3.33. The number of hydrogen-bond acceptors (Lipinski definition) is 3. The number of benzene rings is 1. The molecule has 0 aliphatic carbocycles. The van der Waals surface area contributed by atoms with Crippen molar-refractivity contribution < 1.29 is 13.9 Å². The molecular formula is C13H13F2NOS. The minimum atomic E-state index is -1.08. The number of aliphatic hydroxyl groups is 1. The zero-order valence-corrected chi connectivity index (χ0v) is 10.9. The van der Waals surface area contributed by atoms with Gasteiger partial charge in [-0.2, -0.15) is 0 Å². The van der Waals surface area contributed by atoms with Crippen LogP contribution >= 0.6 is 11.3 Å². The van der Waals surface area contributed by atoms with Gasteiger partial charge in [0.2, 0.25) is 0 Å². The largest absolute Gasteiger partial charge is 0.388 e. The Labute approximate surface area is 108 Å². The molecule has 2 nitrogen and oxygen atoms in total. The summed E-state index contributed by atoms with van der Waals surface area (Å²) in [7, 11) is 0. The minimum Gasteiger partial charge on any atom is -0.388 e. The third-order valence-electron chi connectivity index (χ3n) is 2.70. The highest BCUT2D eigenvalue weighted by atomic mass is 32.1. The highest BCUT2D eigenvalue weighted by Crippen LogP contribution is 2.25. The molecule has 0 saturated heterocycles. The molecule has 1 unspecified atom stereocenters. The molecule has 0 fully saturated rings. The van der Waals surface area contributed by atoms with Crippen LogP contribution in [0.1, 0.15) is 27.9 Å². The van der Waals surface area contributed by atoms with Gasteiger partial charge in [-0.15, -0.1) is 11.3 Å². The van der Waals surface area contributed by atoms with Gasteiger partial charge < -0.3 is 5.11 Å². The number of aryl methyl sites for hydroxylation is 2. The molecule has 2 rings (SSSR count). The van der Waals surface area contributed by atoms with Crippen LogP contribution in [0, 0.1) is 25.5 Å². The van der Waals surface area contributed by atoms with Gasteiger partial charge in [-0.25, -0.2) is 13.8 Å². The van der Waals surface area contributed by atoms with Gasteiger partial charge in [-0.3, -0.25) is 0 Å². The van der Waals surface area contributed by atoms with Gasteiger partial charge in [0.25, 0.3) is 0 Å². The Morgan fingerprint density at radius 3 is 2.61 bits per heavy atom. The van der Waals surface area contributed by atoms with Crippen LogP contribution in [0.3, 0.4) is 0 Å². The molecule has 0 radical (unpaired) electrons. The Hall–Kier alpha value is -1.33. The zero-order valence-electron chi connectivity index (χ0n) is 10.1. The maximum atomic E-state index is 13.7. The number of rotatable bonds is 3. The van der Waals surface area contributed by atoms with E-state index in [1.807, 2.05) is 12.3 Å². The lowest BCUT2D eigenvalue weighted by molar-refractivity contribution is 0.172. The first-order chi connectivity index (χ1) is 8.49. The minimum absolute atomic E-state index is 0.0223. The van der Waals surface area contributed by atoms with Crippen molar-refractivity contribution in [3.05, 3.63) is 51.0 Å². The van der Waals surface area contributed by atoms with E-state index in [2.05, 4.69) is 4.98 Å². The first-order valence-electron chi connectivity index (χ1n) is 5.52. The zero-order chi connectivity index (χ0) is 13.3. The Bertz CT molecular complexity index is 568. The van der Waals surface area contributed by atoms with E-state index in [9.17, 15) is 13.9 Å². The van der Waals surface area contributed by atoms with Crippen LogP contribution in [0.15, 0.2) is 17.5 Å². The molecule has 0 aliphatic rings. The summed E-state index contributed by atoms with van der Waals surface area (Å²) in [5, 5.41) is 12.5. The maximum Gasteiger partial charge on any atom is 0.164 e. The summed E-state index contributed by atoms with van der Waals surface area (Å²) in [6, 6.07) is 2.88. The fraction of sp³-hybridized carbons (Fsp3) is 0.308. The summed E-state index contributed by atoms with van der Waals surface area (Å²) in [6.07, 6.45) is -0.886. The first kappa shape index (κ1) is 13.1.